The molecule has 0 radical (unpaired) electrons. The average molecular weight is 419 g/mol. The molecule has 0 spiro atoms. The monoisotopic (exact) mass is 418 g/mol. The minimum absolute atomic E-state index is 0.142. The summed E-state index contributed by atoms with van der Waals surface area (Å²) in [4.78, 5) is 30.2. The van der Waals surface area contributed by atoms with Gasteiger partial charge in [0.15, 0.2) is 0 Å². The average Bonchev–Trinajstić information content (AvgIpc) is 3.01. The fraction of sp³-hybridized carbons (Fsp3) is 0.400. The summed E-state index contributed by atoms with van der Waals surface area (Å²) in [5.74, 6) is -0.452. The molecular formula is C25H30N4O2. The second-order valence-corrected chi connectivity index (χ2v) is 8.53. The summed E-state index contributed by atoms with van der Waals surface area (Å²) in [6.07, 6.45) is 3.11. The van der Waals surface area contributed by atoms with Gasteiger partial charge in [-0.3, -0.25) is 14.6 Å². The topological polar surface area (TPSA) is 76.0 Å². The van der Waals surface area contributed by atoms with Gasteiger partial charge in [0.1, 0.15) is 12.1 Å². The Balaban J connectivity index is 1.63. The molecule has 2 amide bonds. The van der Waals surface area contributed by atoms with Gasteiger partial charge in [-0.25, -0.2) is 0 Å². The first-order chi connectivity index (χ1) is 14.9. The molecule has 3 heterocycles. The summed E-state index contributed by atoms with van der Waals surface area (Å²) in [7, 11) is 0. The molecule has 0 aliphatic carbocycles. The Bertz CT molecular complexity index is 1120. The van der Waals surface area contributed by atoms with Crippen LogP contribution in [0.15, 0.2) is 42.6 Å². The first kappa shape index (κ1) is 21.1. The molecular weight excluding hydrogens is 388 g/mol. The highest BCUT2D eigenvalue weighted by Gasteiger charge is 2.38. The number of piperazine rings is 1. The van der Waals surface area contributed by atoms with Crippen LogP contribution in [0.1, 0.15) is 48.7 Å². The molecule has 3 aromatic rings. The maximum atomic E-state index is 13.0. The van der Waals surface area contributed by atoms with Crippen molar-refractivity contribution in [1.29, 1.82) is 0 Å². The number of aromatic nitrogens is 2. The predicted octanol–water partition coefficient (Wildman–Crippen LogP) is 3.39. The zero-order valence-electron chi connectivity index (χ0n) is 18.6. The van der Waals surface area contributed by atoms with Crippen LogP contribution >= 0.6 is 0 Å². The molecule has 4 rings (SSSR count). The van der Waals surface area contributed by atoms with Crippen molar-refractivity contribution < 1.29 is 9.59 Å². The largest absolute Gasteiger partial charge is 0.345 e. The highest BCUT2D eigenvalue weighted by molar-refractivity contribution is 5.98. The fourth-order valence-corrected chi connectivity index (χ4v) is 4.75. The lowest BCUT2D eigenvalue weighted by atomic mass is 9.88. The Kier molecular flexibility index (Phi) is 5.81. The Morgan fingerprint density at radius 3 is 2.61 bits per heavy atom. The summed E-state index contributed by atoms with van der Waals surface area (Å²) < 4.78 is 2.33. The Morgan fingerprint density at radius 2 is 1.90 bits per heavy atom. The van der Waals surface area contributed by atoms with E-state index < -0.39 is 12.1 Å². The molecule has 6 heteroatoms. The van der Waals surface area contributed by atoms with E-state index in [1.165, 1.54) is 11.1 Å². The number of hydrogen-bond acceptors (Lipinski definition) is 3. The van der Waals surface area contributed by atoms with Crippen LogP contribution in [0.4, 0.5) is 0 Å². The van der Waals surface area contributed by atoms with E-state index in [-0.39, 0.29) is 17.7 Å². The van der Waals surface area contributed by atoms with Crippen molar-refractivity contribution >= 4 is 22.7 Å². The molecule has 1 aromatic carbocycles. The SMILES string of the molecule is CCCn1c(C)c([C@@H](C)[C@H]2NC(=O)[C@@H](Cc3ccccn3)NC2=O)c2cc(C)ccc21. The number of nitrogens with zero attached hydrogens (tertiary/aromatic N) is 2. The maximum absolute atomic E-state index is 13.0. The van der Waals surface area contributed by atoms with E-state index in [1.54, 1.807) is 6.20 Å². The second kappa shape index (κ2) is 8.53. The van der Waals surface area contributed by atoms with Crippen molar-refractivity contribution in [2.45, 2.75) is 65.1 Å². The highest BCUT2D eigenvalue weighted by Crippen LogP contribution is 2.35. The molecule has 1 aliphatic rings. The second-order valence-electron chi connectivity index (χ2n) is 8.53. The first-order valence-corrected chi connectivity index (χ1v) is 11.0. The molecule has 31 heavy (non-hydrogen) atoms. The number of carbonyl (C=O) groups is 2. The van der Waals surface area contributed by atoms with Crippen molar-refractivity contribution in [3.8, 4) is 0 Å². The third kappa shape index (κ3) is 3.94. The number of nitrogens with one attached hydrogen (secondary N) is 2. The van der Waals surface area contributed by atoms with Crippen molar-refractivity contribution in [1.82, 2.24) is 20.2 Å². The van der Waals surface area contributed by atoms with Crippen LogP contribution in [-0.2, 0) is 22.6 Å². The highest BCUT2D eigenvalue weighted by atomic mass is 16.2. The van der Waals surface area contributed by atoms with Crippen LogP contribution in [0.5, 0.6) is 0 Å². The Morgan fingerprint density at radius 1 is 1.10 bits per heavy atom. The van der Waals surface area contributed by atoms with Gasteiger partial charge in [-0.15, -0.1) is 0 Å². The van der Waals surface area contributed by atoms with Gasteiger partial charge in [-0.05, 0) is 50.1 Å². The number of carbonyl (C=O) groups excluding carboxylic acids is 2. The van der Waals surface area contributed by atoms with Gasteiger partial charge in [-0.1, -0.05) is 31.5 Å². The summed E-state index contributed by atoms with van der Waals surface area (Å²) in [6.45, 7) is 9.32. The first-order valence-electron chi connectivity index (χ1n) is 11.0. The van der Waals surface area contributed by atoms with Crippen LogP contribution in [0.25, 0.3) is 10.9 Å². The minimum Gasteiger partial charge on any atom is -0.345 e. The number of pyridine rings is 1. The third-order valence-corrected chi connectivity index (χ3v) is 6.28. The van der Waals surface area contributed by atoms with Crippen molar-refractivity contribution in [3.63, 3.8) is 0 Å². The molecule has 0 unspecified atom stereocenters. The number of hydrogen-bond donors (Lipinski definition) is 2. The van der Waals surface area contributed by atoms with E-state index in [1.807, 2.05) is 25.1 Å². The van der Waals surface area contributed by atoms with E-state index in [4.69, 9.17) is 0 Å². The third-order valence-electron chi connectivity index (χ3n) is 6.28. The molecule has 162 valence electrons. The van der Waals surface area contributed by atoms with Crippen LogP contribution in [0.3, 0.4) is 0 Å². The Labute approximate surface area is 183 Å². The van der Waals surface area contributed by atoms with Crippen molar-refractivity contribution in [2.75, 3.05) is 0 Å². The number of fused-ring (bicyclic) bond motifs is 1. The van der Waals surface area contributed by atoms with Gasteiger partial charge >= 0.3 is 0 Å². The lowest BCUT2D eigenvalue weighted by molar-refractivity contribution is -0.137. The predicted molar refractivity (Wildman–Crippen MR) is 122 cm³/mol. The van der Waals surface area contributed by atoms with Gasteiger partial charge in [-0.2, -0.15) is 0 Å². The molecule has 1 aliphatic heterocycles. The van der Waals surface area contributed by atoms with Crippen LogP contribution in [-0.4, -0.2) is 33.4 Å². The van der Waals surface area contributed by atoms with Crippen molar-refractivity contribution in [2.24, 2.45) is 0 Å². The number of benzene rings is 1. The maximum Gasteiger partial charge on any atom is 0.243 e. The molecule has 2 aromatic heterocycles. The molecule has 0 saturated carbocycles. The van der Waals surface area contributed by atoms with E-state index >= 15 is 0 Å². The summed E-state index contributed by atoms with van der Waals surface area (Å²) >= 11 is 0. The number of aryl methyl sites for hydroxylation is 2. The standard InChI is InChI=1S/C25H30N4O2/c1-5-12-29-17(4)22(19-13-15(2)9-10-21(19)29)16(3)23-25(31)27-20(24(30)28-23)14-18-8-6-7-11-26-18/h6-11,13,16,20,23H,5,12,14H2,1-4H3,(H,27,31)(H,28,30)/t16-,20-,23-/m1/s1. The summed E-state index contributed by atoms with van der Waals surface area (Å²) in [6, 6.07) is 10.8. The van der Waals surface area contributed by atoms with Gasteiger partial charge in [0, 0.05) is 47.4 Å². The zero-order chi connectivity index (χ0) is 22.1. The minimum atomic E-state index is -0.604. The quantitative estimate of drug-likeness (QED) is 0.644. The smallest absolute Gasteiger partial charge is 0.243 e. The fourth-order valence-electron chi connectivity index (χ4n) is 4.75. The summed E-state index contributed by atoms with van der Waals surface area (Å²) in [5, 5.41) is 7.09. The molecule has 6 nitrogen and oxygen atoms in total. The molecule has 0 bridgehead atoms. The summed E-state index contributed by atoms with van der Waals surface area (Å²) in [5.41, 5.74) is 5.44. The molecule has 2 N–H and O–H groups in total. The van der Waals surface area contributed by atoms with E-state index in [0.717, 1.165) is 35.3 Å². The van der Waals surface area contributed by atoms with Crippen LogP contribution < -0.4 is 10.6 Å². The van der Waals surface area contributed by atoms with Crippen LogP contribution in [0, 0.1) is 13.8 Å². The van der Waals surface area contributed by atoms with Crippen LogP contribution in [0.2, 0.25) is 0 Å². The number of rotatable bonds is 6. The van der Waals surface area contributed by atoms with Crippen molar-refractivity contribution in [3.05, 3.63) is 65.1 Å². The Hall–Kier alpha value is -3.15. The molecule has 1 saturated heterocycles. The van der Waals surface area contributed by atoms with E-state index in [0.29, 0.717) is 6.42 Å². The van der Waals surface area contributed by atoms with Gasteiger partial charge in [0.25, 0.3) is 0 Å². The lowest BCUT2D eigenvalue weighted by Gasteiger charge is -2.33. The zero-order valence-corrected chi connectivity index (χ0v) is 18.6. The molecule has 3 atom stereocenters. The van der Waals surface area contributed by atoms with Gasteiger partial charge in [0.2, 0.25) is 11.8 Å². The lowest BCUT2D eigenvalue weighted by Crippen LogP contribution is -2.63. The number of amides is 2. The molecule has 1 fully saturated rings. The van der Waals surface area contributed by atoms with E-state index in [2.05, 4.69) is 59.2 Å². The van der Waals surface area contributed by atoms with Gasteiger partial charge in [0.05, 0.1) is 0 Å². The van der Waals surface area contributed by atoms with Gasteiger partial charge < -0.3 is 15.2 Å². The van der Waals surface area contributed by atoms with E-state index in [9.17, 15) is 9.59 Å². The normalized spacial score (nSPS) is 19.9.